The Bertz CT molecular complexity index is 311. The third kappa shape index (κ3) is 7.55. The van der Waals surface area contributed by atoms with Crippen LogP contribution >= 0.6 is 0 Å². The number of hydrogen-bond donors (Lipinski definition) is 3. The summed E-state index contributed by atoms with van der Waals surface area (Å²) >= 11 is 0. The fourth-order valence-corrected chi connectivity index (χ4v) is 1.01. The quantitative estimate of drug-likeness (QED) is 0.349. The van der Waals surface area contributed by atoms with Crippen LogP contribution in [0.4, 0.5) is 0 Å². The number of carbonyl (C=O) groups excluding carboxylic acids is 1. The molecule has 0 aliphatic heterocycles. The highest BCUT2D eigenvalue weighted by molar-refractivity contribution is 6.47. The summed E-state index contributed by atoms with van der Waals surface area (Å²) in [6, 6.07) is 0. The first-order valence-electron chi connectivity index (χ1n) is 5.66. The number of rotatable bonds is 7. The maximum Gasteiger partial charge on any atom is 0.480 e. The summed E-state index contributed by atoms with van der Waals surface area (Å²) < 4.78 is 0. The largest absolute Gasteiger partial charge is 0.480 e. The fraction of sp³-hybridized carbons (Fsp3) is 0.417. The normalized spacial score (nSPS) is 13.5. The van der Waals surface area contributed by atoms with Crippen molar-refractivity contribution in [3.63, 3.8) is 0 Å². The van der Waals surface area contributed by atoms with E-state index >= 15 is 0 Å². The monoisotopic (exact) mass is 237 g/mol. The van der Waals surface area contributed by atoms with E-state index in [1.54, 1.807) is 0 Å². The van der Waals surface area contributed by atoms with Crippen LogP contribution in [-0.2, 0) is 4.79 Å². The Morgan fingerprint density at radius 3 is 2.65 bits per heavy atom. The van der Waals surface area contributed by atoms with Gasteiger partial charge in [-0.15, -0.1) is 0 Å². The lowest BCUT2D eigenvalue weighted by atomic mass is 9.91. The molecule has 0 spiro atoms. The lowest BCUT2D eigenvalue weighted by molar-refractivity contribution is -0.117. The van der Waals surface area contributed by atoms with Crippen LogP contribution in [0.5, 0.6) is 0 Å². The van der Waals surface area contributed by atoms with Gasteiger partial charge in [-0.2, -0.15) is 0 Å². The smallest absolute Gasteiger partial charge is 0.424 e. The number of hydrogen-bond acceptors (Lipinski definition) is 3. The van der Waals surface area contributed by atoms with Gasteiger partial charge in [-0.25, -0.2) is 0 Å². The van der Waals surface area contributed by atoms with Crippen LogP contribution in [0.2, 0.25) is 0 Å². The minimum absolute atomic E-state index is 0.211. The first kappa shape index (κ1) is 15.7. The number of carbonyl (C=O) groups is 1. The van der Waals surface area contributed by atoms with Crippen LogP contribution < -0.4 is 5.32 Å². The van der Waals surface area contributed by atoms with Crippen molar-refractivity contribution < 1.29 is 14.8 Å². The maximum atomic E-state index is 11.7. The van der Waals surface area contributed by atoms with Crippen LogP contribution in [-0.4, -0.2) is 29.6 Å². The van der Waals surface area contributed by atoms with E-state index in [1.165, 1.54) is 18.2 Å². The Labute approximate surface area is 103 Å². The van der Waals surface area contributed by atoms with Gasteiger partial charge < -0.3 is 15.4 Å². The molecule has 17 heavy (non-hydrogen) atoms. The summed E-state index contributed by atoms with van der Waals surface area (Å²) in [4.78, 5) is 11.7. The van der Waals surface area contributed by atoms with Gasteiger partial charge in [0.25, 0.3) is 5.91 Å². The molecule has 0 aromatic carbocycles. The van der Waals surface area contributed by atoms with E-state index in [2.05, 4.69) is 25.7 Å². The van der Waals surface area contributed by atoms with Crippen molar-refractivity contribution in [3.8, 4) is 0 Å². The average molecular weight is 237 g/mol. The van der Waals surface area contributed by atoms with Crippen molar-refractivity contribution in [2.45, 2.75) is 20.3 Å². The fourth-order valence-electron chi connectivity index (χ4n) is 1.01. The molecular weight excluding hydrogens is 217 g/mol. The zero-order valence-electron chi connectivity index (χ0n) is 10.4. The highest BCUT2D eigenvalue weighted by atomic mass is 16.4. The second-order valence-electron chi connectivity index (χ2n) is 3.85. The van der Waals surface area contributed by atoms with Crippen LogP contribution in [0.15, 0.2) is 36.4 Å². The summed E-state index contributed by atoms with van der Waals surface area (Å²) in [7, 11) is -1.51. The molecule has 0 rings (SSSR count). The molecule has 94 valence electrons. The zero-order chi connectivity index (χ0) is 13.3. The number of nitrogens with one attached hydrogen (secondary N) is 1. The highest BCUT2D eigenvalue weighted by Gasteiger charge is 2.06. The Morgan fingerprint density at radius 1 is 1.53 bits per heavy atom. The van der Waals surface area contributed by atoms with E-state index in [-0.39, 0.29) is 5.91 Å². The molecule has 1 amide bonds. The van der Waals surface area contributed by atoms with E-state index < -0.39 is 7.12 Å². The molecular formula is C12H20BNO3. The first-order valence-corrected chi connectivity index (χ1v) is 5.66. The topological polar surface area (TPSA) is 69.6 Å². The molecule has 0 radical (unpaired) electrons. The van der Waals surface area contributed by atoms with Crippen molar-refractivity contribution >= 4 is 13.0 Å². The van der Waals surface area contributed by atoms with Gasteiger partial charge in [0, 0.05) is 12.1 Å². The van der Waals surface area contributed by atoms with Crippen LogP contribution in [0.25, 0.3) is 0 Å². The van der Waals surface area contributed by atoms with E-state index in [4.69, 9.17) is 10.0 Å². The Balaban J connectivity index is 4.35. The summed E-state index contributed by atoms with van der Waals surface area (Å²) in [5, 5.41) is 20.0. The van der Waals surface area contributed by atoms with Crippen molar-refractivity contribution in [3.05, 3.63) is 36.4 Å². The van der Waals surface area contributed by atoms with Crippen LogP contribution in [0.3, 0.4) is 0 Å². The van der Waals surface area contributed by atoms with E-state index in [0.717, 1.165) is 12.4 Å². The van der Waals surface area contributed by atoms with Gasteiger partial charge in [0.1, 0.15) is 0 Å². The van der Waals surface area contributed by atoms with E-state index in [1.807, 2.05) is 0 Å². The van der Waals surface area contributed by atoms with Gasteiger partial charge in [-0.05, 0) is 5.92 Å². The molecule has 0 aliphatic rings. The predicted octanol–water partition coefficient (Wildman–Crippen LogP) is 0.829. The third-order valence-corrected chi connectivity index (χ3v) is 2.35. The lowest BCUT2D eigenvalue weighted by Crippen LogP contribution is -2.28. The molecule has 0 fully saturated rings. The molecule has 1 unspecified atom stereocenters. The molecule has 3 N–H and O–H groups in total. The SMILES string of the molecule is C=C/C(=C\C=C\B(O)O)C(=O)NCC(C)CC. The molecule has 0 aliphatic carbocycles. The summed E-state index contributed by atoms with van der Waals surface area (Å²) in [5.41, 5.74) is 0.394. The van der Waals surface area contributed by atoms with Gasteiger partial charge >= 0.3 is 7.12 Å². The predicted molar refractivity (Wildman–Crippen MR) is 70.1 cm³/mol. The van der Waals surface area contributed by atoms with Gasteiger partial charge in [0.15, 0.2) is 0 Å². The van der Waals surface area contributed by atoms with E-state index in [9.17, 15) is 4.79 Å². The second kappa shape index (κ2) is 8.78. The summed E-state index contributed by atoms with van der Waals surface area (Å²) in [6.07, 6.45) is 5.33. The van der Waals surface area contributed by atoms with Gasteiger partial charge in [0.2, 0.25) is 0 Å². The molecule has 0 aromatic rings. The Hall–Kier alpha value is -1.33. The zero-order valence-corrected chi connectivity index (χ0v) is 10.4. The molecule has 1 atom stereocenters. The molecule has 5 heteroatoms. The third-order valence-electron chi connectivity index (χ3n) is 2.35. The van der Waals surface area contributed by atoms with Crippen molar-refractivity contribution in [1.29, 1.82) is 0 Å². The van der Waals surface area contributed by atoms with Crippen LogP contribution in [0, 0.1) is 5.92 Å². The summed E-state index contributed by atoms with van der Waals surface area (Å²) in [6.45, 7) is 8.27. The molecule has 0 bridgehead atoms. The Morgan fingerprint density at radius 2 is 2.18 bits per heavy atom. The standard InChI is InChI=1S/C12H20BNO3/c1-4-10(3)9-14-12(15)11(5-2)7-6-8-13(16)17/h5-8,10,16-17H,2,4,9H2,1,3H3,(H,14,15)/b8-6+,11-7+. The highest BCUT2D eigenvalue weighted by Crippen LogP contribution is 2.00. The van der Waals surface area contributed by atoms with Gasteiger partial charge in [-0.3, -0.25) is 4.79 Å². The van der Waals surface area contributed by atoms with Crippen molar-refractivity contribution in [1.82, 2.24) is 5.32 Å². The van der Waals surface area contributed by atoms with Crippen molar-refractivity contribution in [2.24, 2.45) is 5.92 Å². The molecule has 0 saturated heterocycles. The second-order valence-corrected chi connectivity index (χ2v) is 3.85. The van der Waals surface area contributed by atoms with Gasteiger partial charge in [-0.1, -0.05) is 51.1 Å². The van der Waals surface area contributed by atoms with Crippen LogP contribution in [0.1, 0.15) is 20.3 Å². The number of amides is 1. The molecule has 0 aromatic heterocycles. The Kier molecular flexibility index (Phi) is 8.10. The lowest BCUT2D eigenvalue weighted by Gasteiger charge is -2.10. The average Bonchev–Trinajstić information content (AvgIpc) is 2.30. The molecule has 0 saturated carbocycles. The first-order chi connectivity index (χ1) is 8.01. The molecule has 4 nitrogen and oxygen atoms in total. The van der Waals surface area contributed by atoms with Crippen molar-refractivity contribution in [2.75, 3.05) is 6.54 Å². The number of allylic oxidation sites excluding steroid dienone is 2. The minimum Gasteiger partial charge on any atom is -0.424 e. The summed E-state index contributed by atoms with van der Waals surface area (Å²) in [5.74, 6) is 1.38. The minimum atomic E-state index is -1.51. The molecule has 0 heterocycles. The van der Waals surface area contributed by atoms with E-state index in [0.29, 0.717) is 18.0 Å². The maximum absolute atomic E-state index is 11.7. The van der Waals surface area contributed by atoms with Gasteiger partial charge in [0.05, 0.1) is 0 Å².